The van der Waals surface area contributed by atoms with E-state index >= 15 is 0 Å². The Kier molecular flexibility index (Phi) is 4.19. The van der Waals surface area contributed by atoms with Gasteiger partial charge in [-0.15, -0.1) is 11.3 Å². The topological polar surface area (TPSA) is 62.3 Å². The molecule has 2 unspecified atom stereocenters. The first-order chi connectivity index (χ1) is 9.06. The third-order valence-electron chi connectivity index (χ3n) is 3.37. The Balaban J connectivity index is 2.21. The molecule has 1 aromatic heterocycles. The first-order valence-corrected chi connectivity index (χ1v) is 7.40. The highest BCUT2D eigenvalue weighted by molar-refractivity contribution is 7.11. The van der Waals surface area contributed by atoms with Crippen LogP contribution >= 0.6 is 11.3 Å². The molecule has 0 spiro atoms. The molecule has 1 N–H and O–H groups in total. The summed E-state index contributed by atoms with van der Waals surface area (Å²) < 4.78 is 0. The average Bonchev–Trinajstić information content (AvgIpc) is 2.79. The van der Waals surface area contributed by atoms with Crippen molar-refractivity contribution in [3.8, 4) is 0 Å². The maximum Gasteiger partial charge on any atom is 0.246 e. The highest BCUT2D eigenvalue weighted by Crippen LogP contribution is 2.21. The average molecular weight is 281 g/mol. The molecule has 2 heterocycles. The Morgan fingerprint density at radius 3 is 2.63 bits per heavy atom. The number of aromatic nitrogens is 1. The van der Waals surface area contributed by atoms with Crippen LogP contribution in [-0.2, 0) is 16.1 Å². The van der Waals surface area contributed by atoms with Gasteiger partial charge in [0.25, 0.3) is 0 Å². The Morgan fingerprint density at radius 2 is 2.11 bits per heavy atom. The van der Waals surface area contributed by atoms with Crippen LogP contribution in [0.2, 0.25) is 0 Å². The van der Waals surface area contributed by atoms with Gasteiger partial charge in [0, 0.05) is 11.1 Å². The molecule has 0 radical (unpaired) electrons. The second-order valence-corrected chi connectivity index (χ2v) is 6.02. The summed E-state index contributed by atoms with van der Waals surface area (Å²) >= 11 is 1.57. The van der Waals surface area contributed by atoms with Crippen molar-refractivity contribution >= 4 is 23.2 Å². The Morgan fingerprint density at radius 1 is 1.37 bits per heavy atom. The quantitative estimate of drug-likeness (QED) is 0.909. The molecule has 2 atom stereocenters. The second-order valence-electron chi connectivity index (χ2n) is 4.71. The van der Waals surface area contributed by atoms with Crippen molar-refractivity contribution in [2.75, 3.05) is 0 Å². The van der Waals surface area contributed by atoms with Crippen LogP contribution in [0.4, 0.5) is 0 Å². The zero-order valence-electron chi connectivity index (χ0n) is 11.5. The minimum Gasteiger partial charge on any atom is -0.343 e. The number of aryl methyl sites for hydroxylation is 1. The van der Waals surface area contributed by atoms with Crippen LogP contribution in [-0.4, -0.2) is 33.8 Å². The summed E-state index contributed by atoms with van der Waals surface area (Å²) in [5.41, 5.74) is 0. The fourth-order valence-corrected chi connectivity index (χ4v) is 3.14. The number of amides is 2. The third kappa shape index (κ3) is 2.78. The summed E-state index contributed by atoms with van der Waals surface area (Å²) in [6.45, 7) is 6.25. The predicted molar refractivity (Wildman–Crippen MR) is 73.7 cm³/mol. The lowest BCUT2D eigenvalue weighted by Gasteiger charge is -2.38. The molecule has 1 fully saturated rings. The van der Waals surface area contributed by atoms with E-state index in [2.05, 4.69) is 10.3 Å². The summed E-state index contributed by atoms with van der Waals surface area (Å²) in [7, 11) is 0. The number of thiazole rings is 1. The van der Waals surface area contributed by atoms with Crippen molar-refractivity contribution in [2.45, 2.75) is 52.2 Å². The normalized spacial score (nSPS) is 23.6. The monoisotopic (exact) mass is 281 g/mol. The van der Waals surface area contributed by atoms with Gasteiger partial charge in [0.1, 0.15) is 12.1 Å². The Hall–Kier alpha value is -1.43. The molecule has 1 aromatic rings. The van der Waals surface area contributed by atoms with E-state index in [1.807, 2.05) is 20.8 Å². The van der Waals surface area contributed by atoms with Gasteiger partial charge in [0.05, 0.1) is 11.6 Å². The van der Waals surface area contributed by atoms with Crippen LogP contribution in [0.5, 0.6) is 0 Å². The number of hydrogen-bond acceptors (Lipinski definition) is 4. The first-order valence-electron chi connectivity index (χ1n) is 6.59. The van der Waals surface area contributed by atoms with E-state index in [0.29, 0.717) is 19.4 Å². The van der Waals surface area contributed by atoms with E-state index < -0.39 is 0 Å². The zero-order chi connectivity index (χ0) is 14.0. The van der Waals surface area contributed by atoms with E-state index in [1.165, 1.54) is 0 Å². The van der Waals surface area contributed by atoms with Gasteiger partial charge in [0.2, 0.25) is 11.8 Å². The van der Waals surface area contributed by atoms with E-state index in [9.17, 15) is 9.59 Å². The van der Waals surface area contributed by atoms with Crippen LogP contribution in [0, 0.1) is 6.92 Å². The lowest BCUT2D eigenvalue weighted by atomic mass is 10.0. The molecule has 0 bridgehead atoms. The molecule has 0 aliphatic carbocycles. The number of nitrogens with zero attached hydrogens (tertiary/aromatic N) is 2. The summed E-state index contributed by atoms with van der Waals surface area (Å²) in [4.78, 5) is 31.3. The van der Waals surface area contributed by atoms with Crippen molar-refractivity contribution in [3.63, 3.8) is 0 Å². The molecule has 6 heteroatoms. The van der Waals surface area contributed by atoms with Crippen molar-refractivity contribution in [1.29, 1.82) is 0 Å². The molecule has 2 rings (SSSR count). The zero-order valence-corrected chi connectivity index (χ0v) is 12.3. The first kappa shape index (κ1) is 14.0. The van der Waals surface area contributed by atoms with Crippen molar-refractivity contribution in [1.82, 2.24) is 15.2 Å². The van der Waals surface area contributed by atoms with Crippen molar-refractivity contribution < 1.29 is 9.59 Å². The van der Waals surface area contributed by atoms with Gasteiger partial charge >= 0.3 is 0 Å². The SMILES string of the molecule is CCC1NC(=O)C(CC)N(Cc2cnc(C)s2)C1=O. The lowest BCUT2D eigenvalue weighted by Crippen LogP contribution is -2.62. The Bertz CT molecular complexity index is 486. The molecule has 1 saturated heterocycles. The van der Waals surface area contributed by atoms with Gasteiger partial charge in [0.15, 0.2) is 0 Å². The number of rotatable bonds is 4. The lowest BCUT2D eigenvalue weighted by molar-refractivity contribution is -0.150. The summed E-state index contributed by atoms with van der Waals surface area (Å²) in [6, 6.07) is -0.748. The molecule has 0 aromatic carbocycles. The standard InChI is InChI=1S/C13H19N3O2S/c1-4-10-13(18)16(11(5-2)12(17)15-10)7-9-6-14-8(3)19-9/h6,10-11H,4-5,7H2,1-3H3,(H,15,17). The number of nitrogens with one attached hydrogen (secondary N) is 1. The van der Waals surface area contributed by atoms with Crippen molar-refractivity contribution in [2.24, 2.45) is 0 Å². The van der Waals surface area contributed by atoms with Crippen LogP contribution in [0.3, 0.4) is 0 Å². The fourth-order valence-electron chi connectivity index (χ4n) is 2.34. The summed E-state index contributed by atoms with van der Waals surface area (Å²) in [5, 5.41) is 3.77. The van der Waals surface area contributed by atoms with E-state index in [1.54, 1.807) is 22.4 Å². The molecule has 1 aliphatic heterocycles. The van der Waals surface area contributed by atoms with E-state index in [-0.39, 0.29) is 23.9 Å². The molecule has 2 amide bonds. The van der Waals surface area contributed by atoms with Gasteiger partial charge < -0.3 is 10.2 Å². The highest BCUT2D eigenvalue weighted by Gasteiger charge is 2.38. The number of carbonyl (C=O) groups is 2. The van der Waals surface area contributed by atoms with Crippen LogP contribution in [0.25, 0.3) is 0 Å². The van der Waals surface area contributed by atoms with Gasteiger partial charge in [-0.05, 0) is 19.8 Å². The molecule has 0 saturated carbocycles. The molecule has 104 valence electrons. The minimum atomic E-state index is -0.385. The largest absolute Gasteiger partial charge is 0.343 e. The van der Waals surface area contributed by atoms with Crippen molar-refractivity contribution in [3.05, 3.63) is 16.1 Å². The molecular formula is C13H19N3O2S. The van der Waals surface area contributed by atoms with Crippen LogP contribution < -0.4 is 5.32 Å². The van der Waals surface area contributed by atoms with E-state index in [0.717, 1.165) is 9.88 Å². The van der Waals surface area contributed by atoms with E-state index in [4.69, 9.17) is 0 Å². The molecular weight excluding hydrogens is 262 g/mol. The van der Waals surface area contributed by atoms with Crippen LogP contribution in [0.15, 0.2) is 6.20 Å². The number of piperazine rings is 1. The minimum absolute atomic E-state index is 0.0139. The molecule has 5 nitrogen and oxygen atoms in total. The maximum absolute atomic E-state index is 12.4. The van der Waals surface area contributed by atoms with Crippen LogP contribution in [0.1, 0.15) is 36.6 Å². The Labute approximate surface area is 117 Å². The maximum atomic E-state index is 12.4. The predicted octanol–water partition coefficient (Wildman–Crippen LogP) is 1.47. The fraction of sp³-hybridized carbons (Fsp3) is 0.615. The highest BCUT2D eigenvalue weighted by atomic mass is 32.1. The molecule has 19 heavy (non-hydrogen) atoms. The summed E-state index contributed by atoms with van der Waals surface area (Å²) in [6.07, 6.45) is 3.04. The smallest absolute Gasteiger partial charge is 0.246 e. The van der Waals surface area contributed by atoms with Gasteiger partial charge in [-0.3, -0.25) is 9.59 Å². The second kappa shape index (κ2) is 5.69. The third-order valence-corrected chi connectivity index (χ3v) is 4.26. The summed E-state index contributed by atoms with van der Waals surface area (Å²) in [5.74, 6) is -0.0322. The molecule has 1 aliphatic rings. The number of carbonyl (C=O) groups excluding carboxylic acids is 2. The van der Waals surface area contributed by atoms with Gasteiger partial charge in [-0.25, -0.2) is 4.98 Å². The van der Waals surface area contributed by atoms with Gasteiger partial charge in [-0.2, -0.15) is 0 Å². The van der Waals surface area contributed by atoms with Gasteiger partial charge in [-0.1, -0.05) is 13.8 Å². The number of hydrogen-bond donors (Lipinski definition) is 1.